The lowest BCUT2D eigenvalue weighted by molar-refractivity contribution is 0.801. The Bertz CT molecular complexity index is 3190. The Hall–Kier alpha value is -7.94. The maximum Gasteiger partial charge on any atom is 0.0732 e. The van der Waals surface area contributed by atoms with Crippen LogP contribution in [0.15, 0.2) is 243 Å². The Morgan fingerprint density at radius 2 is 0.689 bits per heavy atom. The van der Waals surface area contributed by atoms with Gasteiger partial charge in [0.05, 0.1) is 11.1 Å². The molecule has 2 heteroatoms. The lowest BCUT2D eigenvalue weighted by atomic mass is 9.69. The molecule has 2 aliphatic rings. The van der Waals surface area contributed by atoms with Crippen molar-refractivity contribution in [3.8, 4) is 33.4 Å². The fraction of sp³-hybridized carbons (Fsp3) is 0.0169. The smallest absolute Gasteiger partial charge is 0.0732 e. The highest BCUT2D eigenvalue weighted by molar-refractivity contribution is 6.10. The molecule has 0 saturated heterocycles. The fourth-order valence-corrected chi connectivity index (χ4v) is 10.3. The van der Waals surface area contributed by atoms with Crippen molar-refractivity contribution < 1.29 is 0 Å². The Labute approximate surface area is 356 Å². The van der Waals surface area contributed by atoms with E-state index in [2.05, 4.69) is 252 Å². The standard InChI is InChI=1S/C59H40N2/c1-5-19-41(20-6-1)42-33-35-46(36-34-42)61(45-25-11-4-12-26-45)57-40-53-49-28-16-18-32-55(49)59(58(53)52-30-14-13-29-51(52)57)54-31-17-15-27-48(54)50-38-37-47(39-56(50)59)60(43-21-7-2-8-22-43)44-23-9-3-10-24-44/h1-40H. The predicted molar refractivity (Wildman–Crippen MR) is 255 cm³/mol. The summed E-state index contributed by atoms with van der Waals surface area (Å²) in [6.45, 7) is 0. The summed E-state index contributed by atoms with van der Waals surface area (Å²) in [7, 11) is 0. The van der Waals surface area contributed by atoms with Gasteiger partial charge in [-0.25, -0.2) is 0 Å². The van der Waals surface area contributed by atoms with Gasteiger partial charge in [-0.2, -0.15) is 0 Å². The highest BCUT2D eigenvalue weighted by atomic mass is 15.1. The molecular weight excluding hydrogens is 737 g/mol. The molecule has 0 heterocycles. The van der Waals surface area contributed by atoms with Crippen molar-refractivity contribution in [1.82, 2.24) is 0 Å². The predicted octanol–water partition coefficient (Wildman–Crippen LogP) is 15.8. The lowest BCUT2D eigenvalue weighted by Gasteiger charge is -2.34. The number of fused-ring (bicyclic) bond motifs is 12. The molecule has 12 rings (SSSR count). The fourth-order valence-electron chi connectivity index (χ4n) is 10.3. The summed E-state index contributed by atoms with van der Waals surface area (Å²) >= 11 is 0. The second kappa shape index (κ2) is 14.1. The SMILES string of the molecule is c1ccc(-c2ccc(N(c3ccccc3)c3cc4c(c5ccccc35)C3(c5ccccc5-c5ccc(N(c6ccccc6)c6ccccc6)cc53)c3ccccc3-4)cc2)cc1. The van der Waals surface area contributed by atoms with E-state index in [1.165, 1.54) is 66.4 Å². The second-order valence-corrected chi connectivity index (χ2v) is 16.0. The third kappa shape index (κ3) is 5.36. The Balaban J connectivity index is 1.14. The number of para-hydroxylation sites is 3. The summed E-state index contributed by atoms with van der Waals surface area (Å²) < 4.78 is 0. The minimum absolute atomic E-state index is 0.556. The Kier molecular flexibility index (Phi) is 8.11. The van der Waals surface area contributed by atoms with Crippen molar-refractivity contribution >= 4 is 44.9 Å². The van der Waals surface area contributed by atoms with E-state index in [1.54, 1.807) is 0 Å². The van der Waals surface area contributed by atoms with Crippen molar-refractivity contribution in [2.24, 2.45) is 0 Å². The third-order valence-corrected chi connectivity index (χ3v) is 12.8. The van der Waals surface area contributed by atoms with Crippen LogP contribution in [0, 0.1) is 0 Å². The van der Waals surface area contributed by atoms with E-state index in [4.69, 9.17) is 0 Å². The van der Waals surface area contributed by atoms with Gasteiger partial charge in [-0.3, -0.25) is 0 Å². The molecule has 1 unspecified atom stereocenters. The van der Waals surface area contributed by atoms with Gasteiger partial charge in [0.1, 0.15) is 0 Å². The van der Waals surface area contributed by atoms with Crippen LogP contribution in [0.4, 0.5) is 34.1 Å². The average Bonchev–Trinajstić information content (AvgIpc) is 3.80. The van der Waals surface area contributed by atoms with Crippen LogP contribution in [0.1, 0.15) is 22.3 Å². The minimum atomic E-state index is -0.556. The zero-order chi connectivity index (χ0) is 40.3. The molecule has 0 saturated carbocycles. The molecule has 0 aliphatic heterocycles. The molecule has 1 spiro atoms. The summed E-state index contributed by atoms with van der Waals surface area (Å²) in [5.41, 5.74) is 19.0. The van der Waals surface area contributed by atoms with Crippen LogP contribution >= 0.6 is 0 Å². The lowest BCUT2D eigenvalue weighted by Crippen LogP contribution is -2.26. The zero-order valence-electron chi connectivity index (χ0n) is 33.5. The van der Waals surface area contributed by atoms with Gasteiger partial charge in [-0.1, -0.05) is 176 Å². The maximum absolute atomic E-state index is 2.48. The molecule has 2 aliphatic carbocycles. The van der Waals surface area contributed by atoms with Crippen LogP contribution in [-0.4, -0.2) is 0 Å². The topological polar surface area (TPSA) is 6.48 Å². The van der Waals surface area contributed by atoms with Gasteiger partial charge in [0, 0.05) is 33.8 Å². The molecule has 0 bridgehead atoms. The number of hydrogen-bond acceptors (Lipinski definition) is 2. The van der Waals surface area contributed by atoms with Gasteiger partial charge in [0.25, 0.3) is 0 Å². The molecule has 0 N–H and O–H groups in total. The van der Waals surface area contributed by atoms with Crippen molar-refractivity contribution in [3.63, 3.8) is 0 Å². The number of hydrogen-bond donors (Lipinski definition) is 0. The molecule has 0 amide bonds. The van der Waals surface area contributed by atoms with Crippen LogP contribution in [-0.2, 0) is 5.41 Å². The maximum atomic E-state index is 2.48. The second-order valence-electron chi connectivity index (χ2n) is 16.0. The van der Waals surface area contributed by atoms with E-state index in [0.29, 0.717) is 0 Å². The molecule has 61 heavy (non-hydrogen) atoms. The highest BCUT2D eigenvalue weighted by Gasteiger charge is 2.53. The molecule has 10 aromatic rings. The van der Waals surface area contributed by atoms with Gasteiger partial charge in [0.2, 0.25) is 0 Å². The van der Waals surface area contributed by atoms with E-state index >= 15 is 0 Å². The molecule has 1 atom stereocenters. The van der Waals surface area contributed by atoms with Crippen molar-refractivity contribution in [2.75, 3.05) is 9.80 Å². The average molecular weight is 777 g/mol. The van der Waals surface area contributed by atoms with Crippen LogP contribution in [0.5, 0.6) is 0 Å². The largest absolute Gasteiger partial charge is 0.310 e. The van der Waals surface area contributed by atoms with Crippen LogP contribution in [0.25, 0.3) is 44.2 Å². The first-order valence-electron chi connectivity index (χ1n) is 21.1. The Morgan fingerprint density at radius 3 is 1.30 bits per heavy atom. The normalized spacial score (nSPS) is 14.3. The van der Waals surface area contributed by atoms with Crippen molar-refractivity contribution in [1.29, 1.82) is 0 Å². The summed E-state index contributed by atoms with van der Waals surface area (Å²) in [5.74, 6) is 0. The zero-order valence-corrected chi connectivity index (χ0v) is 33.5. The Morgan fingerprint density at radius 1 is 0.262 bits per heavy atom. The molecule has 0 aromatic heterocycles. The first kappa shape index (κ1) is 35.0. The van der Waals surface area contributed by atoms with Gasteiger partial charge >= 0.3 is 0 Å². The number of rotatable bonds is 7. The van der Waals surface area contributed by atoms with E-state index in [-0.39, 0.29) is 0 Å². The van der Waals surface area contributed by atoms with Crippen molar-refractivity contribution in [3.05, 3.63) is 265 Å². The van der Waals surface area contributed by atoms with Crippen LogP contribution in [0.2, 0.25) is 0 Å². The molecule has 0 radical (unpaired) electrons. The number of benzene rings is 10. The highest BCUT2D eigenvalue weighted by Crippen LogP contribution is 2.65. The van der Waals surface area contributed by atoms with Gasteiger partial charge < -0.3 is 9.80 Å². The number of anilines is 6. The van der Waals surface area contributed by atoms with Crippen molar-refractivity contribution in [2.45, 2.75) is 5.41 Å². The van der Waals surface area contributed by atoms with Crippen LogP contribution < -0.4 is 9.80 Å². The van der Waals surface area contributed by atoms with Gasteiger partial charge in [-0.05, 0) is 128 Å². The molecular formula is C59H40N2. The van der Waals surface area contributed by atoms with E-state index < -0.39 is 5.41 Å². The first-order chi connectivity index (χ1) is 30.3. The molecule has 2 nitrogen and oxygen atoms in total. The minimum Gasteiger partial charge on any atom is -0.310 e. The van der Waals surface area contributed by atoms with Gasteiger partial charge in [0.15, 0.2) is 0 Å². The quantitative estimate of drug-likeness (QED) is 0.159. The van der Waals surface area contributed by atoms with Gasteiger partial charge in [-0.15, -0.1) is 0 Å². The summed E-state index contributed by atoms with van der Waals surface area (Å²) in [6.07, 6.45) is 0. The first-order valence-corrected chi connectivity index (χ1v) is 21.1. The monoisotopic (exact) mass is 776 g/mol. The van der Waals surface area contributed by atoms with Crippen LogP contribution in [0.3, 0.4) is 0 Å². The van der Waals surface area contributed by atoms with E-state index in [0.717, 1.165) is 34.1 Å². The molecule has 10 aromatic carbocycles. The summed E-state index contributed by atoms with van der Waals surface area (Å²) in [6, 6.07) is 88.9. The summed E-state index contributed by atoms with van der Waals surface area (Å²) in [4.78, 5) is 4.83. The number of nitrogens with zero attached hydrogens (tertiary/aromatic N) is 2. The molecule has 0 fully saturated rings. The third-order valence-electron chi connectivity index (χ3n) is 12.8. The van der Waals surface area contributed by atoms with E-state index in [1.807, 2.05) is 0 Å². The summed E-state index contributed by atoms with van der Waals surface area (Å²) in [5, 5.41) is 2.46. The molecule has 286 valence electrons. The van der Waals surface area contributed by atoms with E-state index in [9.17, 15) is 0 Å².